The van der Waals surface area contributed by atoms with E-state index in [1.165, 1.54) is 24.3 Å². The highest BCUT2D eigenvalue weighted by Gasteiger charge is 2.23. The number of carbonyl (C=O) groups excluding carboxylic acids is 1. The molecule has 7 heteroatoms. The van der Waals surface area contributed by atoms with Crippen LogP contribution in [0.15, 0.2) is 58.5 Å². The largest absolute Gasteiger partial charge is 0.488 e. The normalized spacial score (nSPS) is 13.9. The molecule has 2 aromatic carbocycles. The van der Waals surface area contributed by atoms with Gasteiger partial charge in [-0.3, -0.25) is 0 Å². The molecule has 0 saturated heterocycles. The molecule has 1 aromatic heterocycles. The van der Waals surface area contributed by atoms with Crippen LogP contribution in [-0.2, 0) is 9.53 Å². The third-order valence-corrected chi connectivity index (χ3v) is 4.06. The monoisotopic (exact) mass is 366 g/mol. The first-order valence-electron chi connectivity index (χ1n) is 8.33. The van der Waals surface area contributed by atoms with Crippen LogP contribution in [0.25, 0.3) is 17.5 Å². The molecule has 0 saturated carbocycles. The lowest BCUT2D eigenvalue weighted by molar-refractivity contribution is -0.145. The number of aromatic nitrogens is 2. The van der Waals surface area contributed by atoms with Crippen LogP contribution in [0, 0.1) is 5.82 Å². The Kier molecular flexibility index (Phi) is 4.42. The number of para-hydroxylation sites is 1. The topological polar surface area (TPSA) is 74.5 Å². The van der Waals surface area contributed by atoms with Crippen molar-refractivity contribution in [2.75, 3.05) is 6.61 Å². The average Bonchev–Trinajstić information content (AvgIpc) is 3.18. The Bertz CT molecular complexity index is 1010. The van der Waals surface area contributed by atoms with E-state index in [1.54, 1.807) is 13.0 Å². The van der Waals surface area contributed by atoms with Crippen LogP contribution in [0.4, 0.5) is 4.39 Å². The average molecular weight is 366 g/mol. The van der Waals surface area contributed by atoms with Gasteiger partial charge >= 0.3 is 5.97 Å². The minimum Gasteiger partial charge on any atom is -0.488 e. The van der Waals surface area contributed by atoms with E-state index in [0.717, 1.165) is 11.3 Å². The van der Waals surface area contributed by atoms with E-state index >= 15 is 0 Å². The molecule has 0 radical (unpaired) electrons. The minimum atomic E-state index is -0.739. The van der Waals surface area contributed by atoms with Crippen molar-refractivity contribution >= 4 is 12.0 Å². The van der Waals surface area contributed by atoms with Crippen LogP contribution in [0.1, 0.15) is 24.5 Å². The number of halogens is 1. The molecule has 0 spiro atoms. The van der Waals surface area contributed by atoms with E-state index in [9.17, 15) is 9.18 Å². The van der Waals surface area contributed by atoms with E-state index < -0.39 is 12.1 Å². The smallest absolute Gasteiger partial charge is 0.338 e. The second-order valence-electron chi connectivity index (χ2n) is 6.00. The number of fused-ring (bicyclic) bond motifs is 1. The van der Waals surface area contributed by atoms with Crippen molar-refractivity contribution in [3.63, 3.8) is 0 Å². The van der Waals surface area contributed by atoms with Crippen molar-refractivity contribution in [3.05, 3.63) is 71.4 Å². The predicted octanol–water partition coefficient (Wildman–Crippen LogP) is 3.96. The highest BCUT2D eigenvalue weighted by Crippen LogP contribution is 2.28. The summed E-state index contributed by atoms with van der Waals surface area (Å²) in [5.41, 5.74) is 1.80. The van der Waals surface area contributed by atoms with Gasteiger partial charge in [-0.05, 0) is 43.3 Å². The van der Waals surface area contributed by atoms with Gasteiger partial charge in [0, 0.05) is 11.1 Å². The maximum Gasteiger partial charge on any atom is 0.338 e. The minimum absolute atomic E-state index is 0.132. The lowest BCUT2D eigenvalue weighted by Gasteiger charge is -2.18. The molecule has 136 valence electrons. The highest BCUT2D eigenvalue weighted by molar-refractivity contribution is 5.95. The van der Waals surface area contributed by atoms with Gasteiger partial charge in [0.2, 0.25) is 5.89 Å². The maximum atomic E-state index is 13.0. The summed E-state index contributed by atoms with van der Waals surface area (Å²) in [6, 6.07) is 13.1. The Morgan fingerprint density at radius 1 is 1.15 bits per heavy atom. The van der Waals surface area contributed by atoms with E-state index in [0.29, 0.717) is 11.1 Å². The molecule has 2 heterocycles. The van der Waals surface area contributed by atoms with Crippen LogP contribution in [0.3, 0.4) is 0 Å². The van der Waals surface area contributed by atoms with Gasteiger partial charge in [0.1, 0.15) is 18.2 Å². The molecular formula is C20H15FN2O4. The van der Waals surface area contributed by atoms with Gasteiger partial charge in [0.05, 0.1) is 5.57 Å². The third-order valence-electron chi connectivity index (χ3n) is 4.06. The number of rotatable bonds is 4. The first-order valence-corrected chi connectivity index (χ1v) is 8.33. The summed E-state index contributed by atoms with van der Waals surface area (Å²) in [5.74, 6) is 0.231. The fraction of sp³-hybridized carbons (Fsp3) is 0.150. The van der Waals surface area contributed by atoms with Crippen molar-refractivity contribution < 1.29 is 23.1 Å². The first kappa shape index (κ1) is 17.0. The van der Waals surface area contributed by atoms with Gasteiger partial charge in [-0.15, -0.1) is 10.2 Å². The number of hydrogen-bond acceptors (Lipinski definition) is 6. The van der Waals surface area contributed by atoms with E-state index in [2.05, 4.69) is 10.2 Å². The SMILES string of the molecule is C[C@H](OC(=O)C1=Cc2ccccc2OC1)c1nnc(-c2ccc(F)cc2)o1. The predicted molar refractivity (Wildman–Crippen MR) is 94.1 cm³/mol. The maximum absolute atomic E-state index is 13.0. The van der Waals surface area contributed by atoms with Crippen LogP contribution < -0.4 is 4.74 Å². The summed E-state index contributed by atoms with van der Waals surface area (Å²) < 4.78 is 29.5. The molecule has 0 N–H and O–H groups in total. The molecule has 0 unspecified atom stereocenters. The fourth-order valence-electron chi connectivity index (χ4n) is 2.63. The van der Waals surface area contributed by atoms with Gasteiger partial charge < -0.3 is 13.9 Å². The number of esters is 1. The van der Waals surface area contributed by atoms with E-state index in [-0.39, 0.29) is 24.2 Å². The van der Waals surface area contributed by atoms with Crippen LogP contribution in [-0.4, -0.2) is 22.8 Å². The van der Waals surface area contributed by atoms with Crippen molar-refractivity contribution in [2.24, 2.45) is 0 Å². The zero-order valence-electron chi connectivity index (χ0n) is 14.4. The van der Waals surface area contributed by atoms with E-state index in [1.807, 2.05) is 24.3 Å². The summed E-state index contributed by atoms with van der Waals surface area (Å²) in [7, 11) is 0. The molecule has 0 amide bonds. The Balaban J connectivity index is 1.47. The zero-order valence-corrected chi connectivity index (χ0v) is 14.4. The van der Waals surface area contributed by atoms with Gasteiger partial charge in [0.25, 0.3) is 5.89 Å². The Labute approximate surface area is 154 Å². The lowest BCUT2D eigenvalue weighted by Crippen LogP contribution is -2.18. The van der Waals surface area contributed by atoms with Gasteiger partial charge in [-0.25, -0.2) is 9.18 Å². The summed E-state index contributed by atoms with van der Waals surface area (Å²) in [4.78, 5) is 12.4. The Morgan fingerprint density at radius 3 is 2.74 bits per heavy atom. The molecule has 4 rings (SSSR count). The number of benzene rings is 2. The molecule has 0 bridgehead atoms. The molecule has 1 atom stereocenters. The fourth-order valence-corrected chi connectivity index (χ4v) is 2.63. The quantitative estimate of drug-likeness (QED) is 0.651. The van der Waals surface area contributed by atoms with Crippen molar-refractivity contribution in [3.8, 4) is 17.2 Å². The molecule has 6 nitrogen and oxygen atoms in total. The van der Waals surface area contributed by atoms with Gasteiger partial charge in [-0.1, -0.05) is 18.2 Å². The molecular weight excluding hydrogens is 351 g/mol. The van der Waals surface area contributed by atoms with Crippen LogP contribution in [0.5, 0.6) is 5.75 Å². The molecule has 0 fully saturated rings. The van der Waals surface area contributed by atoms with Gasteiger partial charge in [0.15, 0.2) is 6.10 Å². The molecule has 27 heavy (non-hydrogen) atoms. The molecule has 3 aromatic rings. The van der Waals surface area contributed by atoms with Crippen LogP contribution >= 0.6 is 0 Å². The number of ether oxygens (including phenoxy) is 2. The van der Waals surface area contributed by atoms with Crippen LogP contribution in [0.2, 0.25) is 0 Å². The standard InChI is InChI=1S/C20H15FN2O4/c1-12(18-22-23-19(27-18)13-6-8-16(21)9-7-13)26-20(24)15-10-14-4-2-3-5-17(14)25-11-15/h2-10,12H,11H2,1H3/t12-/m0/s1. The van der Waals surface area contributed by atoms with Crippen molar-refractivity contribution in [2.45, 2.75) is 13.0 Å². The highest BCUT2D eigenvalue weighted by atomic mass is 19.1. The summed E-state index contributed by atoms with van der Waals surface area (Å²) >= 11 is 0. The van der Waals surface area contributed by atoms with E-state index in [4.69, 9.17) is 13.9 Å². The van der Waals surface area contributed by atoms with Gasteiger partial charge in [-0.2, -0.15) is 0 Å². The second kappa shape index (κ2) is 7.03. The Hall–Kier alpha value is -3.48. The second-order valence-corrected chi connectivity index (χ2v) is 6.00. The number of nitrogens with zero attached hydrogens (tertiary/aromatic N) is 2. The number of carbonyl (C=O) groups is 1. The summed E-state index contributed by atoms with van der Waals surface area (Å²) in [6.45, 7) is 1.77. The molecule has 0 aliphatic carbocycles. The first-order chi connectivity index (χ1) is 13.1. The third kappa shape index (κ3) is 3.57. The molecule has 1 aliphatic rings. The van der Waals surface area contributed by atoms with Crippen molar-refractivity contribution in [1.29, 1.82) is 0 Å². The zero-order chi connectivity index (χ0) is 18.8. The van der Waals surface area contributed by atoms with Crippen molar-refractivity contribution in [1.82, 2.24) is 10.2 Å². The Morgan fingerprint density at radius 2 is 1.93 bits per heavy atom. The number of hydrogen-bond donors (Lipinski definition) is 0. The molecule has 1 aliphatic heterocycles. The summed E-state index contributed by atoms with van der Waals surface area (Å²) in [5, 5.41) is 7.83. The summed E-state index contributed by atoms with van der Waals surface area (Å²) in [6.07, 6.45) is 1.00. The lowest BCUT2D eigenvalue weighted by atomic mass is 10.1.